The monoisotopic (exact) mass is 432 g/mol. The van der Waals surface area contributed by atoms with Gasteiger partial charge in [-0.15, -0.1) is 0 Å². The second-order valence-electron chi connectivity index (χ2n) is 7.31. The van der Waals surface area contributed by atoms with Crippen LogP contribution in [0, 0.1) is 0 Å². The third-order valence-corrected chi connectivity index (χ3v) is 5.36. The molecular formula is C23H32N2O6. The molecule has 3 rings (SSSR count). The molecular weight excluding hydrogens is 400 g/mol. The molecule has 8 nitrogen and oxygen atoms in total. The smallest absolute Gasteiger partial charge is 0.203 e. The summed E-state index contributed by atoms with van der Waals surface area (Å²) in [5.41, 5.74) is 1.19. The Hall–Kier alpha value is -2.84. The van der Waals surface area contributed by atoms with Crippen molar-refractivity contribution < 1.29 is 28.8 Å². The lowest BCUT2D eigenvalue weighted by Crippen LogP contribution is -2.49. The fourth-order valence-electron chi connectivity index (χ4n) is 3.67. The van der Waals surface area contributed by atoms with Crippen molar-refractivity contribution in [2.24, 2.45) is 0 Å². The number of piperazine rings is 1. The molecule has 1 aliphatic heterocycles. The fourth-order valence-corrected chi connectivity index (χ4v) is 3.67. The molecule has 1 N–H and O–H groups in total. The van der Waals surface area contributed by atoms with Gasteiger partial charge in [-0.2, -0.15) is 0 Å². The Labute approximate surface area is 183 Å². The lowest BCUT2D eigenvalue weighted by molar-refractivity contribution is 0.0661. The summed E-state index contributed by atoms with van der Waals surface area (Å²) in [4.78, 5) is 4.60. The molecule has 1 saturated heterocycles. The van der Waals surface area contributed by atoms with Crippen LogP contribution in [-0.4, -0.2) is 83.9 Å². The van der Waals surface area contributed by atoms with E-state index in [0.29, 0.717) is 29.5 Å². The fraction of sp³-hybridized carbons (Fsp3) is 0.478. The van der Waals surface area contributed by atoms with Crippen LogP contribution >= 0.6 is 0 Å². The Morgan fingerprint density at radius 1 is 0.806 bits per heavy atom. The van der Waals surface area contributed by atoms with Crippen molar-refractivity contribution in [3.05, 3.63) is 36.4 Å². The van der Waals surface area contributed by atoms with Crippen LogP contribution in [0.4, 0.5) is 5.69 Å². The van der Waals surface area contributed by atoms with E-state index in [1.54, 1.807) is 40.6 Å². The maximum absolute atomic E-state index is 10.5. The number of aliphatic hydroxyl groups is 1. The Morgan fingerprint density at radius 3 is 1.94 bits per heavy atom. The number of hydrogen-bond donors (Lipinski definition) is 1. The molecule has 0 bridgehead atoms. The highest BCUT2D eigenvalue weighted by Gasteiger charge is 2.20. The summed E-state index contributed by atoms with van der Waals surface area (Å²) in [6.07, 6.45) is -0.605. The average molecular weight is 433 g/mol. The number of nitrogens with zero attached hydrogens (tertiary/aromatic N) is 2. The van der Waals surface area contributed by atoms with Gasteiger partial charge in [-0.25, -0.2) is 0 Å². The van der Waals surface area contributed by atoms with Crippen molar-refractivity contribution in [3.8, 4) is 28.7 Å². The van der Waals surface area contributed by atoms with Crippen LogP contribution in [0.5, 0.6) is 28.7 Å². The molecule has 0 saturated carbocycles. The molecule has 2 aromatic rings. The van der Waals surface area contributed by atoms with E-state index >= 15 is 0 Å². The molecule has 1 heterocycles. The van der Waals surface area contributed by atoms with Gasteiger partial charge in [-0.3, -0.25) is 4.90 Å². The number of aliphatic hydroxyl groups excluding tert-OH is 1. The second-order valence-corrected chi connectivity index (χ2v) is 7.31. The van der Waals surface area contributed by atoms with E-state index in [2.05, 4.69) is 21.9 Å². The van der Waals surface area contributed by atoms with Gasteiger partial charge in [0.25, 0.3) is 0 Å². The summed E-state index contributed by atoms with van der Waals surface area (Å²) in [6, 6.07) is 11.6. The normalized spacial score (nSPS) is 15.3. The van der Waals surface area contributed by atoms with E-state index in [1.165, 1.54) is 5.69 Å². The van der Waals surface area contributed by atoms with Crippen LogP contribution in [0.2, 0.25) is 0 Å². The first kappa shape index (κ1) is 22.8. The van der Waals surface area contributed by atoms with E-state index in [9.17, 15) is 5.11 Å². The number of β-amino-alcohol motifs (C(OH)–C–C–N with tert-alkyl or cyclic N) is 1. The van der Waals surface area contributed by atoms with E-state index in [1.807, 2.05) is 12.1 Å². The maximum Gasteiger partial charge on any atom is 0.203 e. The van der Waals surface area contributed by atoms with E-state index in [0.717, 1.165) is 31.9 Å². The molecule has 0 aromatic heterocycles. The first-order valence-electron chi connectivity index (χ1n) is 10.3. The number of hydrogen-bond acceptors (Lipinski definition) is 8. The third kappa shape index (κ3) is 5.86. The Kier molecular flexibility index (Phi) is 8.08. The summed E-state index contributed by atoms with van der Waals surface area (Å²) in [7, 11) is 6.34. The summed E-state index contributed by atoms with van der Waals surface area (Å²) >= 11 is 0. The van der Waals surface area contributed by atoms with Crippen molar-refractivity contribution in [1.82, 2.24) is 4.90 Å². The van der Waals surface area contributed by atoms with E-state index in [-0.39, 0.29) is 6.61 Å². The minimum Gasteiger partial charge on any atom is -0.497 e. The zero-order chi connectivity index (χ0) is 22.2. The van der Waals surface area contributed by atoms with Crippen LogP contribution in [0.1, 0.15) is 0 Å². The molecule has 31 heavy (non-hydrogen) atoms. The van der Waals surface area contributed by atoms with Crippen molar-refractivity contribution in [3.63, 3.8) is 0 Å². The summed E-state index contributed by atoms with van der Waals surface area (Å²) < 4.78 is 27.0. The third-order valence-electron chi connectivity index (χ3n) is 5.36. The SMILES string of the molecule is COc1ccc(N2CCN(CC(O)COc3cc(OC)c(OC)c(OC)c3)CC2)cc1. The zero-order valence-corrected chi connectivity index (χ0v) is 18.7. The van der Waals surface area contributed by atoms with Crippen molar-refractivity contribution in [2.75, 3.05) is 72.7 Å². The van der Waals surface area contributed by atoms with Crippen LogP contribution < -0.4 is 28.6 Å². The zero-order valence-electron chi connectivity index (χ0n) is 18.7. The second kappa shape index (κ2) is 11.0. The van der Waals surface area contributed by atoms with Gasteiger partial charge in [0.2, 0.25) is 5.75 Å². The first-order valence-corrected chi connectivity index (χ1v) is 10.3. The van der Waals surface area contributed by atoms with Gasteiger partial charge < -0.3 is 33.7 Å². The number of benzene rings is 2. The standard InChI is InChI=1S/C23H32N2O6/c1-27-19-7-5-17(6-8-19)25-11-9-24(10-12-25)15-18(26)16-31-20-13-21(28-2)23(30-4)22(14-20)29-3/h5-8,13-14,18,26H,9-12,15-16H2,1-4H3. The quantitative estimate of drug-likeness (QED) is 0.613. The molecule has 2 aromatic carbocycles. The topological polar surface area (TPSA) is 72.9 Å². The lowest BCUT2D eigenvalue weighted by Gasteiger charge is -2.36. The highest BCUT2D eigenvalue weighted by Crippen LogP contribution is 2.40. The molecule has 0 amide bonds. The van der Waals surface area contributed by atoms with Gasteiger partial charge in [-0.1, -0.05) is 0 Å². The molecule has 1 unspecified atom stereocenters. The highest BCUT2D eigenvalue weighted by molar-refractivity contribution is 5.56. The Morgan fingerprint density at radius 2 is 1.42 bits per heavy atom. The van der Waals surface area contributed by atoms with Gasteiger partial charge in [-0.05, 0) is 24.3 Å². The number of anilines is 1. The van der Waals surface area contributed by atoms with Crippen LogP contribution in [0.25, 0.3) is 0 Å². The Balaban J connectivity index is 1.48. The molecule has 1 aliphatic rings. The summed E-state index contributed by atoms with van der Waals surface area (Å²) in [6.45, 7) is 4.32. The summed E-state index contributed by atoms with van der Waals surface area (Å²) in [5.74, 6) is 2.95. The van der Waals surface area contributed by atoms with E-state index in [4.69, 9.17) is 23.7 Å². The number of methoxy groups -OCH3 is 4. The Bertz CT molecular complexity index is 796. The van der Waals surface area contributed by atoms with Gasteiger partial charge in [0, 0.05) is 50.5 Å². The molecule has 0 spiro atoms. The van der Waals surface area contributed by atoms with Crippen LogP contribution in [0.15, 0.2) is 36.4 Å². The summed E-state index contributed by atoms with van der Waals surface area (Å²) in [5, 5.41) is 10.5. The van der Waals surface area contributed by atoms with Crippen LogP contribution in [-0.2, 0) is 0 Å². The molecule has 170 valence electrons. The molecule has 1 atom stereocenters. The van der Waals surface area contributed by atoms with Crippen molar-refractivity contribution in [1.29, 1.82) is 0 Å². The van der Waals surface area contributed by atoms with Gasteiger partial charge in [0.05, 0.1) is 28.4 Å². The van der Waals surface area contributed by atoms with Gasteiger partial charge in [0.15, 0.2) is 11.5 Å². The van der Waals surface area contributed by atoms with Gasteiger partial charge >= 0.3 is 0 Å². The molecule has 8 heteroatoms. The number of rotatable bonds is 10. The molecule has 1 fully saturated rings. The predicted molar refractivity (Wildman–Crippen MR) is 119 cm³/mol. The van der Waals surface area contributed by atoms with Crippen LogP contribution in [0.3, 0.4) is 0 Å². The largest absolute Gasteiger partial charge is 0.497 e. The van der Waals surface area contributed by atoms with Crippen molar-refractivity contribution in [2.45, 2.75) is 6.10 Å². The molecule has 0 radical (unpaired) electrons. The van der Waals surface area contributed by atoms with Gasteiger partial charge in [0.1, 0.15) is 24.2 Å². The minimum absolute atomic E-state index is 0.178. The predicted octanol–water partition coefficient (Wildman–Crippen LogP) is 2.28. The first-order chi connectivity index (χ1) is 15.1. The molecule has 0 aliphatic carbocycles. The lowest BCUT2D eigenvalue weighted by atomic mass is 10.2. The van der Waals surface area contributed by atoms with Crippen molar-refractivity contribution >= 4 is 5.69 Å². The maximum atomic E-state index is 10.5. The average Bonchev–Trinajstić information content (AvgIpc) is 2.82. The highest BCUT2D eigenvalue weighted by atomic mass is 16.5. The number of ether oxygens (including phenoxy) is 5. The minimum atomic E-state index is -0.605. The van der Waals surface area contributed by atoms with E-state index < -0.39 is 6.10 Å².